The molecule has 0 bridgehead atoms. The molecule has 0 unspecified atom stereocenters. The van der Waals surface area contributed by atoms with Crippen LogP contribution in [0.1, 0.15) is 31.9 Å². The van der Waals surface area contributed by atoms with Crippen LogP contribution in [0.15, 0.2) is 60.7 Å². The van der Waals surface area contributed by atoms with E-state index in [2.05, 4.69) is 0 Å². The van der Waals surface area contributed by atoms with E-state index in [1.54, 1.807) is 0 Å². The van der Waals surface area contributed by atoms with Crippen molar-refractivity contribution in [3.05, 3.63) is 71.8 Å². The normalized spacial score (nSPS) is 16.1. The molecule has 2 aromatic rings. The van der Waals surface area contributed by atoms with Gasteiger partial charge in [0.15, 0.2) is 0 Å². The molecule has 0 atom stereocenters. The van der Waals surface area contributed by atoms with Crippen molar-refractivity contribution in [2.75, 3.05) is 19.6 Å². The molecule has 5 heteroatoms. The lowest BCUT2D eigenvalue weighted by Crippen LogP contribution is -2.65. The number of benzene rings is 2. The predicted octanol–water partition coefficient (Wildman–Crippen LogP) is 3.33. The van der Waals surface area contributed by atoms with Gasteiger partial charge in [0.05, 0.1) is 6.54 Å². The van der Waals surface area contributed by atoms with E-state index in [-0.39, 0.29) is 25.1 Å². The fourth-order valence-electron chi connectivity index (χ4n) is 3.36. The summed E-state index contributed by atoms with van der Waals surface area (Å²) in [6, 6.07) is 19.2. The Balaban J connectivity index is 1.61. The Kier molecular flexibility index (Phi) is 5.84. The Morgan fingerprint density at radius 3 is 2.11 bits per heavy atom. The monoisotopic (exact) mass is 381 g/mol. The molecule has 0 amide bonds. The summed E-state index contributed by atoms with van der Waals surface area (Å²) in [5.74, 6) is -0.546. The van der Waals surface area contributed by atoms with E-state index in [1.165, 1.54) is 0 Å². The summed E-state index contributed by atoms with van der Waals surface area (Å²) in [5, 5.41) is 0. The Bertz CT molecular complexity index is 806. The van der Waals surface area contributed by atoms with Crippen molar-refractivity contribution >= 4 is 11.9 Å². The van der Waals surface area contributed by atoms with Crippen LogP contribution in [-0.4, -0.2) is 42.1 Å². The number of carbonyl (C=O) groups is 2. The third kappa shape index (κ3) is 4.78. The van der Waals surface area contributed by atoms with E-state index in [9.17, 15) is 9.59 Å². The highest BCUT2D eigenvalue weighted by molar-refractivity contribution is 5.86. The van der Waals surface area contributed by atoms with Crippen LogP contribution >= 0.6 is 0 Å². The molecule has 0 aliphatic carbocycles. The first-order chi connectivity index (χ1) is 13.3. The van der Waals surface area contributed by atoms with Crippen LogP contribution in [0.4, 0.5) is 0 Å². The largest absolute Gasteiger partial charge is 0.460 e. The fraction of sp³-hybridized carbons (Fsp3) is 0.391. The maximum absolute atomic E-state index is 12.9. The van der Waals surface area contributed by atoms with E-state index in [0.29, 0.717) is 13.1 Å². The first kappa shape index (κ1) is 20.1. The van der Waals surface area contributed by atoms with Gasteiger partial charge >= 0.3 is 11.9 Å². The Morgan fingerprint density at radius 1 is 0.964 bits per heavy atom. The Hall–Kier alpha value is -2.66. The minimum atomic E-state index is -0.742. The Labute approximate surface area is 166 Å². The molecule has 0 N–H and O–H groups in total. The van der Waals surface area contributed by atoms with Crippen LogP contribution in [0.25, 0.3) is 0 Å². The molecule has 0 radical (unpaired) electrons. The number of esters is 2. The summed E-state index contributed by atoms with van der Waals surface area (Å²) in [4.78, 5) is 27.0. The van der Waals surface area contributed by atoms with Gasteiger partial charge in [-0.3, -0.25) is 14.5 Å². The highest BCUT2D eigenvalue weighted by Gasteiger charge is 2.53. The maximum atomic E-state index is 12.9. The molecule has 5 nitrogen and oxygen atoms in total. The first-order valence-corrected chi connectivity index (χ1v) is 9.49. The third-order valence-electron chi connectivity index (χ3n) is 4.70. The number of ether oxygens (including phenoxy) is 2. The van der Waals surface area contributed by atoms with Gasteiger partial charge in [0, 0.05) is 13.1 Å². The number of likely N-dealkylation sites (tertiary alicyclic amines) is 1. The van der Waals surface area contributed by atoms with Crippen molar-refractivity contribution < 1.29 is 19.1 Å². The van der Waals surface area contributed by atoms with Gasteiger partial charge in [-0.25, -0.2) is 0 Å². The van der Waals surface area contributed by atoms with Gasteiger partial charge in [0.1, 0.15) is 17.6 Å². The number of rotatable bonds is 6. The molecule has 148 valence electrons. The van der Waals surface area contributed by atoms with Gasteiger partial charge in [0.2, 0.25) is 0 Å². The maximum Gasteiger partial charge on any atom is 0.320 e. The molecule has 0 aromatic heterocycles. The van der Waals surface area contributed by atoms with Crippen LogP contribution in [0.3, 0.4) is 0 Å². The molecule has 1 aliphatic heterocycles. The SMILES string of the molecule is CC(C)(C)OC(=O)C1(c2ccccc2)CN(CC(=O)OCc2ccccc2)C1. The van der Waals surface area contributed by atoms with Crippen molar-refractivity contribution in [3.8, 4) is 0 Å². The van der Waals surface area contributed by atoms with Crippen molar-refractivity contribution in [2.24, 2.45) is 0 Å². The smallest absolute Gasteiger partial charge is 0.320 e. The van der Waals surface area contributed by atoms with Gasteiger partial charge in [-0.2, -0.15) is 0 Å². The lowest BCUT2D eigenvalue weighted by Gasteiger charge is -2.48. The third-order valence-corrected chi connectivity index (χ3v) is 4.70. The average Bonchev–Trinajstić information content (AvgIpc) is 2.62. The number of hydrogen-bond acceptors (Lipinski definition) is 5. The summed E-state index contributed by atoms with van der Waals surface area (Å²) >= 11 is 0. The summed E-state index contributed by atoms with van der Waals surface area (Å²) in [5.41, 5.74) is 0.562. The Morgan fingerprint density at radius 2 is 1.54 bits per heavy atom. The quantitative estimate of drug-likeness (QED) is 0.719. The lowest BCUT2D eigenvalue weighted by molar-refractivity contribution is -0.172. The van der Waals surface area contributed by atoms with E-state index >= 15 is 0 Å². The van der Waals surface area contributed by atoms with Crippen molar-refractivity contribution in [3.63, 3.8) is 0 Å². The zero-order valence-corrected chi connectivity index (χ0v) is 16.7. The molecule has 1 fully saturated rings. The van der Waals surface area contributed by atoms with Gasteiger partial charge < -0.3 is 9.47 Å². The highest BCUT2D eigenvalue weighted by atomic mass is 16.6. The van der Waals surface area contributed by atoms with E-state index in [4.69, 9.17) is 9.47 Å². The minimum Gasteiger partial charge on any atom is -0.460 e. The van der Waals surface area contributed by atoms with Gasteiger partial charge in [-0.05, 0) is 31.9 Å². The first-order valence-electron chi connectivity index (χ1n) is 9.49. The molecule has 1 aliphatic rings. The zero-order valence-electron chi connectivity index (χ0n) is 16.7. The second-order valence-electron chi connectivity index (χ2n) is 8.24. The molecular weight excluding hydrogens is 354 g/mol. The van der Waals surface area contributed by atoms with Crippen molar-refractivity contribution in [1.82, 2.24) is 4.90 Å². The van der Waals surface area contributed by atoms with Crippen LogP contribution in [0.2, 0.25) is 0 Å². The second-order valence-corrected chi connectivity index (χ2v) is 8.24. The van der Waals surface area contributed by atoms with Crippen LogP contribution < -0.4 is 0 Å². The number of carbonyl (C=O) groups excluding carboxylic acids is 2. The predicted molar refractivity (Wildman–Crippen MR) is 107 cm³/mol. The standard InChI is InChI=1S/C23H27NO4/c1-22(2,3)28-21(26)23(19-12-8-5-9-13-19)16-24(17-23)14-20(25)27-15-18-10-6-4-7-11-18/h4-13H,14-17H2,1-3H3. The molecular formula is C23H27NO4. The number of hydrogen-bond donors (Lipinski definition) is 0. The summed E-state index contributed by atoms with van der Waals surface area (Å²) in [6.07, 6.45) is 0. The fourth-order valence-corrected chi connectivity index (χ4v) is 3.36. The van der Waals surface area contributed by atoms with Gasteiger partial charge in [-0.15, -0.1) is 0 Å². The molecule has 1 heterocycles. The van der Waals surface area contributed by atoms with Crippen molar-refractivity contribution in [2.45, 2.75) is 38.4 Å². The van der Waals surface area contributed by atoms with E-state index in [0.717, 1.165) is 11.1 Å². The second kappa shape index (κ2) is 8.15. The van der Waals surface area contributed by atoms with Gasteiger partial charge in [0.25, 0.3) is 0 Å². The topological polar surface area (TPSA) is 55.8 Å². The summed E-state index contributed by atoms with van der Waals surface area (Å²) < 4.78 is 11.0. The van der Waals surface area contributed by atoms with Crippen LogP contribution in [-0.2, 0) is 31.1 Å². The molecule has 3 rings (SSSR count). The molecule has 0 saturated carbocycles. The molecule has 0 spiro atoms. The summed E-state index contributed by atoms with van der Waals surface area (Å²) in [7, 11) is 0. The van der Waals surface area contributed by atoms with Crippen molar-refractivity contribution in [1.29, 1.82) is 0 Å². The zero-order chi connectivity index (χ0) is 20.2. The van der Waals surface area contributed by atoms with E-state index in [1.807, 2.05) is 86.3 Å². The highest BCUT2D eigenvalue weighted by Crippen LogP contribution is 2.37. The molecule has 1 saturated heterocycles. The number of nitrogens with zero attached hydrogens (tertiary/aromatic N) is 1. The minimum absolute atomic E-state index is 0.157. The lowest BCUT2D eigenvalue weighted by atomic mass is 9.73. The average molecular weight is 381 g/mol. The summed E-state index contributed by atoms with van der Waals surface area (Å²) in [6.45, 7) is 6.87. The van der Waals surface area contributed by atoms with Crippen LogP contribution in [0.5, 0.6) is 0 Å². The molecule has 2 aromatic carbocycles. The van der Waals surface area contributed by atoms with Gasteiger partial charge in [-0.1, -0.05) is 60.7 Å². The van der Waals surface area contributed by atoms with Crippen LogP contribution in [0, 0.1) is 0 Å². The van der Waals surface area contributed by atoms with E-state index < -0.39 is 11.0 Å². The molecule has 28 heavy (non-hydrogen) atoms.